The molecule has 2 heterocycles. The SMILES string of the molecule is O=S(=O)(c1ccccc1)C1(Oc2ccc(-c3cn(C(c4ccccc4)(c4ccccc4)c4ccccc4)cn3)c(Cl)n2)CC1. The van der Waals surface area contributed by atoms with Gasteiger partial charge in [-0.05, 0) is 34.9 Å². The van der Waals surface area contributed by atoms with Crippen LogP contribution in [0.1, 0.15) is 29.5 Å². The largest absolute Gasteiger partial charge is 0.454 e. The van der Waals surface area contributed by atoms with E-state index in [0.29, 0.717) is 24.1 Å². The number of hydrogen-bond acceptors (Lipinski definition) is 5. The molecule has 1 saturated carbocycles. The Hall–Kier alpha value is -4.72. The normalized spacial score (nSPS) is 14.2. The highest BCUT2D eigenvalue weighted by molar-refractivity contribution is 7.93. The van der Waals surface area contributed by atoms with Crippen molar-refractivity contribution in [1.29, 1.82) is 0 Å². The quantitative estimate of drug-likeness (QED) is 0.122. The van der Waals surface area contributed by atoms with Crippen molar-refractivity contribution < 1.29 is 13.2 Å². The second kappa shape index (κ2) is 11.1. The number of imidazole rings is 1. The van der Waals surface area contributed by atoms with Crippen molar-refractivity contribution in [2.45, 2.75) is 28.2 Å². The van der Waals surface area contributed by atoms with Crippen LogP contribution in [0.15, 0.2) is 151 Å². The molecule has 7 rings (SSSR count). The molecule has 44 heavy (non-hydrogen) atoms. The second-order valence-corrected chi connectivity index (χ2v) is 13.4. The van der Waals surface area contributed by atoms with Gasteiger partial charge < -0.3 is 9.30 Å². The summed E-state index contributed by atoms with van der Waals surface area (Å²) in [5, 5.41) is 0.172. The summed E-state index contributed by atoms with van der Waals surface area (Å²) in [5.41, 5.74) is 3.73. The third-order valence-corrected chi connectivity index (χ3v) is 10.8. The molecule has 0 atom stereocenters. The molecule has 4 aromatic carbocycles. The second-order valence-electron chi connectivity index (χ2n) is 10.8. The molecule has 8 heteroatoms. The number of pyridine rings is 1. The average molecular weight is 618 g/mol. The molecule has 2 aromatic heterocycles. The molecule has 1 fully saturated rings. The van der Waals surface area contributed by atoms with Gasteiger partial charge >= 0.3 is 0 Å². The lowest BCUT2D eigenvalue weighted by molar-refractivity contribution is 0.246. The lowest BCUT2D eigenvalue weighted by Crippen LogP contribution is -2.36. The van der Waals surface area contributed by atoms with Gasteiger partial charge in [-0.25, -0.2) is 18.4 Å². The molecule has 0 bridgehead atoms. The highest BCUT2D eigenvalue weighted by Gasteiger charge is 2.58. The highest BCUT2D eigenvalue weighted by atomic mass is 35.5. The molecule has 0 N–H and O–H groups in total. The summed E-state index contributed by atoms with van der Waals surface area (Å²) in [6, 6.07) is 42.8. The van der Waals surface area contributed by atoms with Crippen LogP contribution in [0.5, 0.6) is 5.88 Å². The third kappa shape index (κ3) is 4.69. The molecule has 0 spiro atoms. The third-order valence-electron chi connectivity index (χ3n) is 8.14. The van der Waals surface area contributed by atoms with E-state index in [4.69, 9.17) is 21.3 Å². The van der Waals surface area contributed by atoms with E-state index >= 15 is 0 Å². The van der Waals surface area contributed by atoms with Crippen molar-refractivity contribution in [3.05, 3.63) is 168 Å². The number of benzene rings is 4. The van der Waals surface area contributed by atoms with E-state index in [2.05, 4.69) is 45.9 Å². The van der Waals surface area contributed by atoms with Crippen molar-refractivity contribution in [3.8, 4) is 17.1 Å². The van der Waals surface area contributed by atoms with Crippen LogP contribution in [0.4, 0.5) is 0 Å². The fraction of sp³-hybridized carbons (Fsp3) is 0.111. The zero-order valence-corrected chi connectivity index (χ0v) is 25.2. The Morgan fingerprint density at radius 1 is 0.705 bits per heavy atom. The summed E-state index contributed by atoms with van der Waals surface area (Å²) in [6.45, 7) is 0. The van der Waals surface area contributed by atoms with Gasteiger partial charge in [0.2, 0.25) is 20.7 Å². The molecule has 0 unspecified atom stereocenters. The van der Waals surface area contributed by atoms with Crippen LogP contribution in [0.25, 0.3) is 11.3 Å². The van der Waals surface area contributed by atoms with Crippen LogP contribution in [-0.2, 0) is 15.4 Å². The van der Waals surface area contributed by atoms with Gasteiger partial charge in [0.15, 0.2) is 0 Å². The molecule has 0 amide bonds. The van der Waals surface area contributed by atoms with E-state index in [-0.39, 0.29) is 15.9 Å². The van der Waals surface area contributed by atoms with Crippen molar-refractivity contribution in [2.24, 2.45) is 0 Å². The Balaban J connectivity index is 1.28. The smallest absolute Gasteiger partial charge is 0.219 e. The van der Waals surface area contributed by atoms with Gasteiger partial charge in [-0.15, -0.1) is 0 Å². The van der Waals surface area contributed by atoms with Crippen LogP contribution in [-0.4, -0.2) is 27.9 Å². The van der Waals surface area contributed by atoms with Crippen LogP contribution in [0.2, 0.25) is 5.15 Å². The van der Waals surface area contributed by atoms with E-state index in [1.165, 1.54) is 0 Å². The number of nitrogens with zero attached hydrogens (tertiary/aromatic N) is 3. The first-order chi connectivity index (χ1) is 21.4. The minimum atomic E-state index is -3.71. The minimum absolute atomic E-state index is 0.155. The van der Waals surface area contributed by atoms with E-state index in [9.17, 15) is 8.42 Å². The van der Waals surface area contributed by atoms with Gasteiger partial charge in [-0.2, -0.15) is 0 Å². The van der Waals surface area contributed by atoms with Gasteiger partial charge in [-0.1, -0.05) is 121 Å². The topological polar surface area (TPSA) is 74.1 Å². The lowest BCUT2D eigenvalue weighted by atomic mass is 9.77. The monoisotopic (exact) mass is 617 g/mol. The number of hydrogen-bond donors (Lipinski definition) is 0. The molecule has 6 aromatic rings. The number of halogens is 1. The number of ether oxygens (including phenoxy) is 1. The molecule has 218 valence electrons. The molecule has 6 nitrogen and oxygen atoms in total. The lowest BCUT2D eigenvalue weighted by Gasteiger charge is -2.37. The van der Waals surface area contributed by atoms with Gasteiger partial charge in [0.1, 0.15) is 10.7 Å². The summed E-state index contributed by atoms with van der Waals surface area (Å²) in [7, 11) is -3.71. The predicted molar refractivity (Wildman–Crippen MR) is 171 cm³/mol. The van der Waals surface area contributed by atoms with Crippen LogP contribution >= 0.6 is 11.6 Å². The fourth-order valence-corrected chi connectivity index (χ4v) is 7.85. The molecule has 0 radical (unpaired) electrons. The maximum Gasteiger partial charge on any atom is 0.219 e. The molecule has 1 aliphatic rings. The maximum atomic E-state index is 13.3. The van der Waals surface area contributed by atoms with Crippen molar-refractivity contribution >= 4 is 21.4 Å². The van der Waals surface area contributed by atoms with Gasteiger partial charge in [0, 0.05) is 30.7 Å². The summed E-state index contributed by atoms with van der Waals surface area (Å²) in [4.78, 5) is 8.13. The Bertz CT molecular complexity index is 1920. The average Bonchev–Trinajstić information content (AvgIpc) is 3.71. The highest BCUT2D eigenvalue weighted by Crippen LogP contribution is 2.48. The number of rotatable bonds is 9. The minimum Gasteiger partial charge on any atom is -0.454 e. The van der Waals surface area contributed by atoms with Crippen LogP contribution in [0.3, 0.4) is 0 Å². The van der Waals surface area contributed by atoms with Crippen molar-refractivity contribution in [3.63, 3.8) is 0 Å². The Labute approximate surface area is 261 Å². The molecule has 0 saturated heterocycles. The summed E-state index contributed by atoms with van der Waals surface area (Å²) >= 11 is 6.73. The van der Waals surface area contributed by atoms with Crippen molar-refractivity contribution in [1.82, 2.24) is 14.5 Å². The first kappa shape index (κ1) is 28.1. The maximum absolute atomic E-state index is 13.3. The number of aromatic nitrogens is 3. The van der Waals surface area contributed by atoms with Crippen LogP contribution in [0, 0.1) is 0 Å². The Kier molecular flexibility index (Phi) is 7.07. The zero-order valence-electron chi connectivity index (χ0n) is 23.6. The van der Waals surface area contributed by atoms with Gasteiger partial charge in [-0.3, -0.25) is 0 Å². The molecular weight excluding hydrogens is 590 g/mol. The molecular formula is C36H28ClN3O3S. The number of sulfone groups is 1. The Morgan fingerprint density at radius 2 is 1.20 bits per heavy atom. The zero-order chi connectivity index (χ0) is 30.2. The van der Waals surface area contributed by atoms with Crippen molar-refractivity contribution in [2.75, 3.05) is 0 Å². The predicted octanol–water partition coefficient (Wildman–Crippen LogP) is 7.78. The molecule has 1 aliphatic carbocycles. The molecule has 0 aliphatic heterocycles. The summed E-state index contributed by atoms with van der Waals surface area (Å²) in [5.74, 6) is 0.155. The van der Waals surface area contributed by atoms with E-state index in [0.717, 1.165) is 16.7 Å². The van der Waals surface area contributed by atoms with Gasteiger partial charge in [0.25, 0.3) is 0 Å². The summed E-state index contributed by atoms with van der Waals surface area (Å²) < 4.78 is 34.8. The van der Waals surface area contributed by atoms with E-state index in [1.807, 2.05) is 67.1 Å². The Morgan fingerprint density at radius 3 is 1.68 bits per heavy atom. The summed E-state index contributed by atoms with van der Waals surface area (Å²) in [6.07, 6.45) is 4.56. The standard InChI is InChI=1S/C36H28ClN3O3S/c37-34-31(21-22-33(39-34)43-35(23-24-35)44(41,42)30-19-11-4-12-20-30)32-25-40(26-38-32)36(27-13-5-1-6-14-27,28-15-7-2-8-16-28)29-17-9-3-10-18-29/h1-22,25-26H,23-24H2. The van der Waals surface area contributed by atoms with Crippen LogP contribution < -0.4 is 4.74 Å². The van der Waals surface area contributed by atoms with E-state index in [1.54, 1.807) is 42.5 Å². The first-order valence-electron chi connectivity index (χ1n) is 14.3. The van der Waals surface area contributed by atoms with Gasteiger partial charge in [0.05, 0.1) is 16.9 Å². The first-order valence-corrected chi connectivity index (χ1v) is 16.2. The van der Waals surface area contributed by atoms with E-state index < -0.39 is 20.3 Å². The fourth-order valence-electron chi connectivity index (χ4n) is 5.83.